The van der Waals surface area contributed by atoms with E-state index in [1.54, 1.807) is 0 Å². The lowest BCUT2D eigenvalue weighted by atomic mass is 9.94. The molecule has 106 valence electrons. The van der Waals surface area contributed by atoms with Gasteiger partial charge in [-0.3, -0.25) is 9.69 Å². The first-order valence-corrected chi connectivity index (χ1v) is 6.94. The number of aliphatic carboxylic acids is 1. The molecule has 1 aromatic carbocycles. The van der Waals surface area contributed by atoms with Crippen LogP contribution in [-0.2, 0) is 11.2 Å². The zero-order valence-electron chi connectivity index (χ0n) is 12.7. The molecular formula is C16H25NO2. The molecule has 0 radical (unpaired) electrons. The zero-order chi connectivity index (χ0) is 14.6. The topological polar surface area (TPSA) is 40.5 Å². The smallest absolute Gasteiger partial charge is 0.321 e. The normalized spacial score (nSPS) is 12.7. The van der Waals surface area contributed by atoms with Gasteiger partial charge in [-0.25, -0.2) is 0 Å². The number of hydrogen-bond donors (Lipinski definition) is 1. The van der Waals surface area contributed by atoms with Gasteiger partial charge in [-0.05, 0) is 57.0 Å². The monoisotopic (exact) mass is 263 g/mol. The van der Waals surface area contributed by atoms with Crippen molar-refractivity contribution in [3.05, 3.63) is 34.4 Å². The van der Waals surface area contributed by atoms with Crippen molar-refractivity contribution < 1.29 is 9.90 Å². The molecule has 0 bridgehead atoms. The zero-order valence-corrected chi connectivity index (χ0v) is 12.7. The predicted molar refractivity (Wildman–Crippen MR) is 78.7 cm³/mol. The molecule has 19 heavy (non-hydrogen) atoms. The number of hydrogen-bond acceptors (Lipinski definition) is 2. The molecule has 0 saturated carbocycles. The second kappa shape index (κ2) is 6.71. The van der Waals surface area contributed by atoms with Gasteiger partial charge in [0.2, 0.25) is 0 Å². The number of carboxylic acid groups (broad SMARTS) is 1. The summed E-state index contributed by atoms with van der Waals surface area (Å²) in [5.41, 5.74) is 4.78. The summed E-state index contributed by atoms with van der Waals surface area (Å²) in [6.45, 7) is 11.7. The summed E-state index contributed by atoms with van der Waals surface area (Å²) in [4.78, 5) is 13.5. The van der Waals surface area contributed by atoms with E-state index in [0.717, 1.165) is 13.1 Å². The van der Waals surface area contributed by atoms with Gasteiger partial charge in [0.05, 0.1) is 0 Å². The molecule has 3 heteroatoms. The van der Waals surface area contributed by atoms with Gasteiger partial charge in [-0.2, -0.15) is 0 Å². The molecule has 0 aliphatic rings. The maximum absolute atomic E-state index is 11.5. The highest BCUT2D eigenvalue weighted by molar-refractivity contribution is 5.74. The van der Waals surface area contributed by atoms with Crippen LogP contribution in [0.25, 0.3) is 0 Å². The number of carbonyl (C=O) groups is 1. The SMILES string of the molecule is CCN(CC)[C@@H](Cc1c(C)cc(C)cc1C)C(=O)O. The van der Waals surface area contributed by atoms with E-state index >= 15 is 0 Å². The minimum absolute atomic E-state index is 0.435. The Bertz CT molecular complexity index is 427. The maximum Gasteiger partial charge on any atom is 0.321 e. The average molecular weight is 263 g/mol. The highest BCUT2D eigenvalue weighted by Crippen LogP contribution is 2.20. The molecule has 1 aromatic rings. The lowest BCUT2D eigenvalue weighted by Gasteiger charge is -2.27. The fourth-order valence-corrected chi connectivity index (χ4v) is 2.76. The Morgan fingerprint density at radius 3 is 2.00 bits per heavy atom. The number of benzene rings is 1. The summed E-state index contributed by atoms with van der Waals surface area (Å²) in [6, 6.07) is 3.82. The van der Waals surface area contributed by atoms with Crippen molar-refractivity contribution in [2.75, 3.05) is 13.1 Å². The van der Waals surface area contributed by atoms with E-state index in [-0.39, 0.29) is 0 Å². The molecule has 0 aliphatic carbocycles. The lowest BCUT2D eigenvalue weighted by molar-refractivity contribution is -0.143. The predicted octanol–water partition coefficient (Wildman–Crippen LogP) is 2.95. The molecule has 0 aliphatic heterocycles. The van der Waals surface area contributed by atoms with Gasteiger partial charge in [0.25, 0.3) is 0 Å². The Balaban J connectivity index is 3.07. The van der Waals surface area contributed by atoms with E-state index in [4.69, 9.17) is 0 Å². The summed E-state index contributed by atoms with van der Waals surface area (Å²) in [7, 11) is 0. The second-order valence-electron chi connectivity index (χ2n) is 5.16. The van der Waals surface area contributed by atoms with Crippen LogP contribution in [0.4, 0.5) is 0 Å². The molecule has 0 unspecified atom stereocenters. The van der Waals surface area contributed by atoms with Gasteiger partial charge in [-0.15, -0.1) is 0 Å². The van der Waals surface area contributed by atoms with Crippen LogP contribution in [0, 0.1) is 20.8 Å². The third kappa shape index (κ3) is 3.80. The Kier molecular flexibility index (Phi) is 5.55. The summed E-state index contributed by atoms with van der Waals surface area (Å²) in [6.07, 6.45) is 0.578. The largest absolute Gasteiger partial charge is 0.480 e. The highest BCUT2D eigenvalue weighted by atomic mass is 16.4. The van der Waals surface area contributed by atoms with Crippen LogP contribution < -0.4 is 0 Å². The van der Waals surface area contributed by atoms with Crippen LogP contribution in [0.3, 0.4) is 0 Å². The van der Waals surface area contributed by atoms with Gasteiger partial charge >= 0.3 is 5.97 Å². The Morgan fingerprint density at radius 1 is 1.16 bits per heavy atom. The van der Waals surface area contributed by atoms with E-state index < -0.39 is 12.0 Å². The number of carboxylic acids is 1. The highest BCUT2D eigenvalue weighted by Gasteiger charge is 2.24. The van der Waals surface area contributed by atoms with Crippen LogP contribution in [0.1, 0.15) is 36.1 Å². The maximum atomic E-state index is 11.5. The Morgan fingerprint density at radius 2 is 1.63 bits per heavy atom. The molecule has 1 atom stereocenters. The molecule has 0 spiro atoms. The standard InChI is InChI=1S/C16H25NO2/c1-6-17(7-2)15(16(18)19)10-14-12(4)8-11(3)9-13(14)5/h8-9,15H,6-7,10H2,1-5H3,(H,18,19)/t15-/m0/s1. The summed E-state index contributed by atoms with van der Waals surface area (Å²) in [5.74, 6) is -0.733. The fraction of sp³-hybridized carbons (Fsp3) is 0.562. The molecule has 0 aromatic heterocycles. The molecular weight excluding hydrogens is 238 g/mol. The number of aryl methyl sites for hydroxylation is 3. The van der Waals surface area contributed by atoms with Crippen molar-refractivity contribution in [2.45, 2.75) is 47.1 Å². The first kappa shape index (κ1) is 15.7. The van der Waals surface area contributed by atoms with Gasteiger partial charge in [-0.1, -0.05) is 31.5 Å². The van der Waals surface area contributed by atoms with Crippen LogP contribution in [0.15, 0.2) is 12.1 Å². The number of likely N-dealkylation sites (N-methyl/N-ethyl adjacent to an activating group) is 1. The second-order valence-corrected chi connectivity index (χ2v) is 5.16. The van der Waals surface area contributed by atoms with Gasteiger partial charge in [0.1, 0.15) is 6.04 Å². The first-order chi connectivity index (χ1) is 8.90. The lowest BCUT2D eigenvalue weighted by Crippen LogP contribution is -2.42. The molecule has 0 amide bonds. The number of rotatable bonds is 6. The molecule has 0 saturated heterocycles. The Labute approximate surface area is 116 Å². The van der Waals surface area contributed by atoms with E-state index in [1.165, 1.54) is 22.3 Å². The summed E-state index contributed by atoms with van der Waals surface area (Å²) < 4.78 is 0. The molecule has 0 heterocycles. The van der Waals surface area contributed by atoms with E-state index in [0.29, 0.717) is 6.42 Å². The first-order valence-electron chi connectivity index (χ1n) is 6.94. The van der Waals surface area contributed by atoms with Crippen molar-refractivity contribution in [3.8, 4) is 0 Å². The quantitative estimate of drug-likeness (QED) is 0.858. The van der Waals surface area contributed by atoms with E-state index in [1.807, 2.05) is 18.7 Å². The van der Waals surface area contributed by atoms with Crippen LogP contribution >= 0.6 is 0 Å². The molecule has 3 nitrogen and oxygen atoms in total. The molecule has 1 rings (SSSR count). The minimum atomic E-state index is -0.733. The van der Waals surface area contributed by atoms with E-state index in [2.05, 4.69) is 32.9 Å². The van der Waals surface area contributed by atoms with Crippen LogP contribution in [-0.4, -0.2) is 35.1 Å². The third-order valence-corrected chi connectivity index (χ3v) is 3.78. The Hall–Kier alpha value is -1.35. The summed E-state index contributed by atoms with van der Waals surface area (Å²) in [5, 5.41) is 9.46. The molecule has 1 N–H and O–H groups in total. The third-order valence-electron chi connectivity index (χ3n) is 3.78. The summed E-state index contributed by atoms with van der Waals surface area (Å²) >= 11 is 0. The van der Waals surface area contributed by atoms with Crippen LogP contribution in [0.5, 0.6) is 0 Å². The average Bonchev–Trinajstić information content (AvgIpc) is 2.31. The molecule has 0 fully saturated rings. The van der Waals surface area contributed by atoms with Gasteiger partial charge in [0, 0.05) is 0 Å². The van der Waals surface area contributed by atoms with E-state index in [9.17, 15) is 9.90 Å². The van der Waals surface area contributed by atoms with Crippen molar-refractivity contribution in [3.63, 3.8) is 0 Å². The van der Waals surface area contributed by atoms with Crippen LogP contribution in [0.2, 0.25) is 0 Å². The van der Waals surface area contributed by atoms with Crippen molar-refractivity contribution >= 4 is 5.97 Å². The fourth-order valence-electron chi connectivity index (χ4n) is 2.76. The minimum Gasteiger partial charge on any atom is -0.480 e. The van der Waals surface area contributed by atoms with Crippen molar-refractivity contribution in [1.29, 1.82) is 0 Å². The number of nitrogens with zero attached hydrogens (tertiary/aromatic N) is 1. The van der Waals surface area contributed by atoms with Gasteiger partial charge in [0.15, 0.2) is 0 Å². The van der Waals surface area contributed by atoms with Crippen molar-refractivity contribution in [2.24, 2.45) is 0 Å². The van der Waals surface area contributed by atoms with Crippen molar-refractivity contribution in [1.82, 2.24) is 4.90 Å². The van der Waals surface area contributed by atoms with Gasteiger partial charge < -0.3 is 5.11 Å².